The zero-order valence-electron chi connectivity index (χ0n) is 6.34. The maximum absolute atomic E-state index is 5.52. The molecule has 2 rings (SSSR count). The molecule has 10 heavy (non-hydrogen) atoms. The Morgan fingerprint density at radius 2 is 2.20 bits per heavy atom. The van der Waals surface area contributed by atoms with Gasteiger partial charge >= 0.3 is 0 Å². The molecule has 0 spiro atoms. The van der Waals surface area contributed by atoms with Crippen molar-refractivity contribution in [1.29, 1.82) is 0 Å². The van der Waals surface area contributed by atoms with Crippen molar-refractivity contribution in [3.8, 4) is 0 Å². The minimum absolute atomic E-state index is 0.439. The van der Waals surface area contributed by atoms with Crippen LogP contribution in [0.5, 0.6) is 0 Å². The molecule has 0 aromatic carbocycles. The summed E-state index contributed by atoms with van der Waals surface area (Å²) in [6.45, 7) is 1.96. The fourth-order valence-corrected chi connectivity index (χ4v) is 1.85. The summed E-state index contributed by atoms with van der Waals surface area (Å²) in [5, 5.41) is 0. The number of fused-ring (bicyclic) bond motifs is 1. The van der Waals surface area contributed by atoms with E-state index in [1.165, 1.54) is 25.7 Å². The van der Waals surface area contributed by atoms with Crippen molar-refractivity contribution in [2.45, 2.75) is 44.8 Å². The van der Waals surface area contributed by atoms with Crippen LogP contribution in [0.1, 0.15) is 32.6 Å². The zero-order valence-corrected chi connectivity index (χ0v) is 6.34. The van der Waals surface area contributed by atoms with E-state index in [0.29, 0.717) is 12.1 Å². The Morgan fingerprint density at radius 3 is 3.00 bits per heavy atom. The van der Waals surface area contributed by atoms with Crippen LogP contribution in [0.25, 0.3) is 0 Å². The molecule has 0 bridgehead atoms. The summed E-state index contributed by atoms with van der Waals surface area (Å²) in [4.78, 5) is 4.40. The summed E-state index contributed by atoms with van der Waals surface area (Å²) in [6, 6.07) is 0.508. The van der Waals surface area contributed by atoms with Crippen LogP contribution in [0, 0.1) is 0 Å². The molecule has 2 nitrogen and oxygen atoms in total. The van der Waals surface area contributed by atoms with Gasteiger partial charge in [-0.05, 0) is 19.3 Å². The first kappa shape index (κ1) is 6.20. The Morgan fingerprint density at radius 1 is 1.40 bits per heavy atom. The van der Waals surface area contributed by atoms with E-state index in [1.807, 2.05) is 6.92 Å². The van der Waals surface area contributed by atoms with Crippen LogP contribution < -0.4 is 0 Å². The van der Waals surface area contributed by atoms with Crippen LogP contribution in [0.15, 0.2) is 4.99 Å². The molecule has 56 valence electrons. The van der Waals surface area contributed by atoms with Gasteiger partial charge in [0.15, 0.2) is 5.90 Å². The molecule has 0 aromatic rings. The minimum atomic E-state index is 0.439. The van der Waals surface area contributed by atoms with E-state index in [1.54, 1.807) is 0 Å². The van der Waals surface area contributed by atoms with Gasteiger partial charge < -0.3 is 4.74 Å². The predicted molar refractivity (Wildman–Crippen MR) is 40.2 cm³/mol. The number of aliphatic imine (C=N–C) groups is 1. The average Bonchev–Trinajstić information content (AvgIpc) is 2.27. The van der Waals surface area contributed by atoms with Crippen molar-refractivity contribution < 1.29 is 4.74 Å². The summed E-state index contributed by atoms with van der Waals surface area (Å²) in [7, 11) is 0. The van der Waals surface area contributed by atoms with E-state index in [0.717, 1.165) is 5.90 Å². The summed E-state index contributed by atoms with van der Waals surface area (Å²) in [5.74, 6) is 0.900. The fraction of sp³-hybridized carbons (Fsp3) is 0.875. The minimum Gasteiger partial charge on any atom is -0.476 e. The van der Waals surface area contributed by atoms with Crippen molar-refractivity contribution in [1.82, 2.24) is 0 Å². The normalized spacial score (nSPS) is 38.3. The molecular weight excluding hydrogens is 126 g/mol. The Hall–Kier alpha value is -0.530. The molecule has 1 saturated carbocycles. The summed E-state index contributed by atoms with van der Waals surface area (Å²) in [6.07, 6.45) is 5.55. The molecule has 0 aromatic heterocycles. The number of ether oxygens (including phenoxy) is 1. The van der Waals surface area contributed by atoms with Crippen LogP contribution in [0.2, 0.25) is 0 Å². The SMILES string of the molecule is CC1=N[C@@H]2CCCC[C@H]2O1. The highest BCUT2D eigenvalue weighted by Crippen LogP contribution is 2.27. The van der Waals surface area contributed by atoms with E-state index >= 15 is 0 Å². The van der Waals surface area contributed by atoms with Gasteiger partial charge in [0, 0.05) is 6.92 Å². The lowest BCUT2D eigenvalue weighted by molar-refractivity contribution is 0.151. The average molecular weight is 139 g/mol. The standard InChI is InChI=1S/C8H13NO/c1-6-9-7-4-2-3-5-8(7)10-6/h7-8H,2-5H2,1H3/t7-,8-/m1/s1. The third kappa shape index (κ3) is 0.917. The second-order valence-corrected chi connectivity index (χ2v) is 3.16. The molecule has 0 radical (unpaired) electrons. The Labute approximate surface area is 61.3 Å². The van der Waals surface area contributed by atoms with Gasteiger partial charge in [0.05, 0.1) is 6.04 Å². The Bertz CT molecular complexity index is 165. The third-order valence-corrected chi connectivity index (χ3v) is 2.34. The molecule has 0 saturated heterocycles. The molecule has 1 aliphatic carbocycles. The van der Waals surface area contributed by atoms with Gasteiger partial charge in [-0.2, -0.15) is 0 Å². The smallest absolute Gasteiger partial charge is 0.180 e. The monoisotopic (exact) mass is 139 g/mol. The largest absolute Gasteiger partial charge is 0.476 e. The first-order valence-electron chi connectivity index (χ1n) is 4.07. The van der Waals surface area contributed by atoms with Crippen molar-refractivity contribution in [2.75, 3.05) is 0 Å². The molecule has 2 heteroatoms. The number of hydrogen-bond acceptors (Lipinski definition) is 2. The van der Waals surface area contributed by atoms with Gasteiger partial charge in [0.2, 0.25) is 0 Å². The van der Waals surface area contributed by atoms with Crippen LogP contribution in [0.4, 0.5) is 0 Å². The predicted octanol–water partition coefficient (Wildman–Crippen LogP) is 1.75. The lowest BCUT2D eigenvalue weighted by Gasteiger charge is -2.21. The maximum atomic E-state index is 5.52. The van der Waals surface area contributed by atoms with Gasteiger partial charge in [-0.3, -0.25) is 0 Å². The van der Waals surface area contributed by atoms with Crippen molar-refractivity contribution in [3.63, 3.8) is 0 Å². The van der Waals surface area contributed by atoms with Gasteiger partial charge in [0.1, 0.15) is 6.10 Å². The van der Waals surface area contributed by atoms with Crippen LogP contribution in [-0.2, 0) is 4.74 Å². The van der Waals surface area contributed by atoms with Gasteiger partial charge in [-0.15, -0.1) is 0 Å². The molecule has 1 aliphatic heterocycles. The van der Waals surface area contributed by atoms with Crippen LogP contribution in [0.3, 0.4) is 0 Å². The van der Waals surface area contributed by atoms with Crippen molar-refractivity contribution in [3.05, 3.63) is 0 Å². The molecule has 0 N–H and O–H groups in total. The highest BCUT2D eigenvalue weighted by atomic mass is 16.5. The topological polar surface area (TPSA) is 21.6 Å². The van der Waals surface area contributed by atoms with E-state index < -0.39 is 0 Å². The highest BCUT2D eigenvalue weighted by Gasteiger charge is 2.30. The van der Waals surface area contributed by atoms with E-state index in [9.17, 15) is 0 Å². The molecule has 0 unspecified atom stereocenters. The van der Waals surface area contributed by atoms with Crippen LogP contribution >= 0.6 is 0 Å². The second kappa shape index (κ2) is 2.26. The van der Waals surface area contributed by atoms with E-state index in [2.05, 4.69) is 4.99 Å². The summed E-state index contributed by atoms with van der Waals surface area (Å²) >= 11 is 0. The lowest BCUT2D eigenvalue weighted by atomic mass is 9.94. The third-order valence-electron chi connectivity index (χ3n) is 2.34. The van der Waals surface area contributed by atoms with Gasteiger partial charge in [-0.1, -0.05) is 6.42 Å². The van der Waals surface area contributed by atoms with Gasteiger partial charge in [0.25, 0.3) is 0 Å². The highest BCUT2D eigenvalue weighted by molar-refractivity contribution is 5.75. The van der Waals surface area contributed by atoms with Crippen molar-refractivity contribution >= 4 is 5.90 Å². The Balaban J connectivity index is 2.06. The molecule has 2 atom stereocenters. The quantitative estimate of drug-likeness (QED) is 0.501. The van der Waals surface area contributed by atoms with Gasteiger partial charge in [-0.25, -0.2) is 4.99 Å². The number of nitrogens with zero attached hydrogens (tertiary/aromatic N) is 1. The molecule has 1 fully saturated rings. The first-order valence-corrected chi connectivity index (χ1v) is 4.07. The second-order valence-electron chi connectivity index (χ2n) is 3.16. The molecular formula is C8H13NO. The Kier molecular flexibility index (Phi) is 1.40. The van der Waals surface area contributed by atoms with E-state index in [4.69, 9.17) is 4.74 Å². The maximum Gasteiger partial charge on any atom is 0.180 e. The number of hydrogen-bond donors (Lipinski definition) is 0. The fourth-order valence-electron chi connectivity index (χ4n) is 1.85. The number of rotatable bonds is 0. The van der Waals surface area contributed by atoms with Crippen molar-refractivity contribution in [2.24, 2.45) is 4.99 Å². The summed E-state index contributed by atoms with van der Waals surface area (Å²) in [5.41, 5.74) is 0. The summed E-state index contributed by atoms with van der Waals surface area (Å²) < 4.78 is 5.52. The zero-order chi connectivity index (χ0) is 6.97. The first-order chi connectivity index (χ1) is 4.86. The molecule has 0 amide bonds. The lowest BCUT2D eigenvalue weighted by Crippen LogP contribution is -2.25. The molecule has 1 heterocycles. The van der Waals surface area contributed by atoms with Crippen LogP contribution in [-0.4, -0.2) is 18.0 Å². The van der Waals surface area contributed by atoms with E-state index in [-0.39, 0.29) is 0 Å². The molecule has 2 aliphatic rings.